The standard InChI is InChI=1S/C24H22F3N5O2/c1-15-21-16(2)32(19-10-4-3-5-11-19)30-22(21)23(34)31(29-15)13-7-12-20(33)28-18-9-6-8-17(14-18)24(25,26)27/h3-6,8-11,14H,7,12-13H2,1-2H3,(H,28,33). The van der Waals surface area contributed by atoms with Crippen LogP contribution in [-0.4, -0.2) is 25.5 Å². The maximum atomic E-state index is 13.0. The van der Waals surface area contributed by atoms with Crippen molar-refractivity contribution in [1.29, 1.82) is 0 Å². The summed E-state index contributed by atoms with van der Waals surface area (Å²) < 4.78 is 41.5. The summed E-state index contributed by atoms with van der Waals surface area (Å²) in [7, 11) is 0. The van der Waals surface area contributed by atoms with E-state index in [1.165, 1.54) is 16.8 Å². The fraction of sp³-hybridized carbons (Fsp3) is 0.250. The summed E-state index contributed by atoms with van der Waals surface area (Å²) in [6.07, 6.45) is -4.20. The molecule has 176 valence electrons. The van der Waals surface area contributed by atoms with E-state index in [0.717, 1.165) is 23.5 Å². The van der Waals surface area contributed by atoms with E-state index in [2.05, 4.69) is 15.5 Å². The minimum atomic E-state index is -4.49. The van der Waals surface area contributed by atoms with Crippen LogP contribution in [0.15, 0.2) is 59.4 Å². The summed E-state index contributed by atoms with van der Waals surface area (Å²) in [6.45, 7) is 3.84. The van der Waals surface area contributed by atoms with Crippen LogP contribution in [0.1, 0.15) is 29.8 Å². The molecule has 0 bridgehead atoms. The van der Waals surface area contributed by atoms with E-state index in [1.807, 2.05) is 37.3 Å². The lowest BCUT2D eigenvalue weighted by atomic mass is 10.2. The van der Waals surface area contributed by atoms with Crippen molar-refractivity contribution < 1.29 is 18.0 Å². The van der Waals surface area contributed by atoms with Crippen LogP contribution in [0.5, 0.6) is 0 Å². The first-order valence-corrected chi connectivity index (χ1v) is 10.6. The number of rotatable bonds is 6. The van der Waals surface area contributed by atoms with Crippen LogP contribution < -0.4 is 10.9 Å². The largest absolute Gasteiger partial charge is 0.416 e. The number of aromatic nitrogens is 4. The molecule has 2 aromatic carbocycles. The van der Waals surface area contributed by atoms with Crippen LogP contribution in [0.25, 0.3) is 16.6 Å². The van der Waals surface area contributed by atoms with E-state index in [1.54, 1.807) is 11.6 Å². The number of hydrogen-bond donors (Lipinski definition) is 1. The molecule has 2 aromatic heterocycles. The first kappa shape index (κ1) is 23.2. The van der Waals surface area contributed by atoms with Crippen molar-refractivity contribution in [1.82, 2.24) is 19.6 Å². The van der Waals surface area contributed by atoms with Gasteiger partial charge >= 0.3 is 6.18 Å². The molecule has 34 heavy (non-hydrogen) atoms. The van der Waals surface area contributed by atoms with Gasteiger partial charge in [-0.1, -0.05) is 24.3 Å². The van der Waals surface area contributed by atoms with Crippen molar-refractivity contribution in [2.75, 3.05) is 5.32 Å². The number of anilines is 1. The number of fused-ring (bicyclic) bond motifs is 1. The zero-order valence-electron chi connectivity index (χ0n) is 18.6. The maximum Gasteiger partial charge on any atom is 0.416 e. The molecule has 0 aliphatic heterocycles. The van der Waals surface area contributed by atoms with E-state index < -0.39 is 17.6 Å². The van der Waals surface area contributed by atoms with Gasteiger partial charge in [0.1, 0.15) is 0 Å². The SMILES string of the molecule is Cc1nn(CCCC(=O)Nc2cccc(C(F)(F)F)c2)c(=O)c2nn(-c3ccccc3)c(C)c12. The van der Waals surface area contributed by atoms with Gasteiger partial charge in [-0.15, -0.1) is 0 Å². The Labute approximate surface area is 192 Å². The number of halogens is 3. The van der Waals surface area contributed by atoms with Crippen LogP contribution in [0, 0.1) is 13.8 Å². The summed E-state index contributed by atoms with van der Waals surface area (Å²) in [5, 5.41) is 12.0. The Morgan fingerprint density at radius 3 is 2.47 bits per heavy atom. The summed E-state index contributed by atoms with van der Waals surface area (Å²) >= 11 is 0. The molecule has 0 unspecified atom stereocenters. The highest BCUT2D eigenvalue weighted by Gasteiger charge is 2.30. The average Bonchev–Trinajstić information content (AvgIpc) is 3.15. The summed E-state index contributed by atoms with van der Waals surface area (Å²) in [4.78, 5) is 25.2. The van der Waals surface area contributed by atoms with Gasteiger partial charge in [0.05, 0.1) is 28.0 Å². The summed E-state index contributed by atoms with van der Waals surface area (Å²) in [5.74, 6) is -0.450. The highest BCUT2D eigenvalue weighted by Crippen LogP contribution is 2.30. The molecule has 0 radical (unpaired) electrons. The molecule has 0 fully saturated rings. The van der Waals surface area contributed by atoms with Crippen molar-refractivity contribution in [2.45, 2.75) is 39.4 Å². The second kappa shape index (κ2) is 9.12. The Balaban J connectivity index is 1.47. The van der Waals surface area contributed by atoms with Gasteiger partial charge in [0.2, 0.25) is 5.91 Å². The quantitative estimate of drug-likeness (QED) is 0.446. The average molecular weight is 469 g/mol. The minimum absolute atomic E-state index is 0.0128. The number of carbonyl (C=O) groups excluding carboxylic acids is 1. The smallest absolute Gasteiger partial charge is 0.326 e. The lowest BCUT2D eigenvalue weighted by molar-refractivity contribution is -0.137. The molecular formula is C24H22F3N5O2. The van der Waals surface area contributed by atoms with Gasteiger partial charge in [0.25, 0.3) is 5.56 Å². The van der Waals surface area contributed by atoms with Gasteiger partial charge in [-0.2, -0.15) is 23.4 Å². The van der Waals surface area contributed by atoms with Gasteiger partial charge in [-0.25, -0.2) is 9.36 Å². The highest BCUT2D eigenvalue weighted by molar-refractivity contribution is 5.90. The number of alkyl halides is 3. The lowest BCUT2D eigenvalue weighted by Gasteiger charge is -2.10. The van der Waals surface area contributed by atoms with Crippen molar-refractivity contribution in [2.24, 2.45) is 0 Å². The number of para-hydroxylation sites is 1. The molecule has 0 saturated carbocycles. The Kier molecular flexibility index (Phi) is 6.23. The van der Waals surface area contributed by atoms with E-state index in [0.29, 0.717) is 16.6 Å². The fourth-order valence-electron chi connectivity index (χ4n) is 3.84. The van der Waals surface area contributed by atoms with Crippen molar-refractivity contribution in [3.63, 3.8) is 0 Å². The zero-order valence-corrected chi connectivity index (χ0v) is 18.6. The van der Waals surface area contributed by atoms with Crippen LogP contribution in [0.2, 0.25) is 0 Å². The second-order valence-corrected chi connectivity index (χ2v) is 7.90. The summed E-state index contributed by atoms with van der Waals surface area (Å²) in [5.41, 5.74) is 1.43. The Morgan fingerprint density at radius 1 is 1.03 bits per heavy atom. The Hall–Kier alpha value is -3.95. The third-order valence-electron chi connectivity index (χ3n) is 5.43. The molecule has 7 nitrogen and oxygen atoms in total. The topological polar surface area (TPSA) is 81.8 Å². The zero-order chi connectivity index (χ0) is 24.5. The normalized spacial score (nSPS) is 11.7. The number of aryl methyl sites for hydroxylation is 3. The van der Waals surface area contributed by atoms with Gasteiger partial charge < -0.3 is 5.32 Å². The predicted octanol–water partition coefficient (Wildman–Crippen LogP) is 4.64. The molecular weight excluding hydrogens is 447 g/mol. The number of amides is 1. The monoisotopic (exact) mass is 469 g/mol. The fourth-order valence-corrected chi connectivity index (χ4v) is 3.84. The van der Waals surface area contributed by atoms with Crippen molar-refractivity contribution in [3.05, 3.63) is 81.9 Å². The van der Waals surface area contributed by atoms with Crippen molar-refractivity contribution >= 4 is 22.5 Å². The molecule has 2 heterocycles. The molecule has 4 aromatic rings. The Morgan fingerprint density at radius 2 is 1.76 bits per heavy atom. The molecule has 10 heteroatoms. The highest BCUT2D eigenvalue weighted by atomic mass is 19.4. The second-order valence-electron chi connectivity index (χ2n) is 7.90. The molecule has 0 aliphatic rings. The third-order valence-corrected chi connectivity index (χ3v) is 5.43. The number of benzene rings is 2. The van der Waals surface area contributed by atoms with Gasteiger partial charge in [-0.3, -0.25) is 9.59 Å². The van der Waals surface area contributed by atoms with Crippen LogP contribution in [0.3, 0.4) is 0 Å². The lowest BCUT2D eigenvalue weighted by Crippen LogP contribution is -2.25. The molecule has 1 N–H and O–H groups in total. The first-order chi connectivity index (χ1) is 16.1. The Bertz CT molecular complexity index is 1410. The van der Waals surface area contributed by atoms with Gasteiger partial charge in [0, 0.05) is 18.7 Å². The maximum absolute atomic E-state index is 13.0. The summed E-state index contributed by atoms with van der Waals surface area (Å²) in [6, 6.07) is 13.9. The van der Waals surface area contributed by atoms with E-state index >= 15 is 0 Å². The van der Waals surface area contributed by atoms with Gasteiger partial charge in [-0.05, 0) is 50.6 Å². The molecule has 0 atom stereocenters. The number of hydrogen-bond acceptors (Lipinski definition) is 4. The number of carbonyl (C=O) groups is 1. The number of nitrogens with one attached hydrogen (secondary N) is 1. The number of nitrogens with zero attached hydrogens (tertiary/aromatic N) is 4. The minimum Gasteiger partial charge on any atom is -0.326 e. The first-order valence-electron chi connectivity index (χ1n) is 10.6. The van der Waals surface area contributed by atoms with Crippen LogP contribution >= 0.6 is 0 Å². The van der Waals surface area contributed by atoms with Gasteiger partial charge in [0.15, 0.2) is 5.52 Å². The van der Waals surface area contributed by atoms with Crippen molar-refractivity contribution in [3.8, 4) is 5.69 Å². The van der Waals surface area contributed by atoms with E-state index in [9.17, 15) is 22.8 Å². The molecule has 1 amide bonds. The third kappa shape index (κ3) is 4.70. The van der Waals surface area contributed by atoms with Crippen LogP contribution in [-0.2, 0) is 17.5 Å². The van der Waals surface area contributed by atoms with Crippen LogP contribution in [0.4, 0.5) is 18.9 Å². The van der Waals surface area contributed by atoms with E-state index in [-0.39, 0.29) is 30.6 Å². The molecule has 0 aliphatic carbocycles. The molecule has 0 saturated heterocycles. The molecule has 0 spiro atoms. The predicted molar refractivity (Wildman–Crippen MR) is 122 cm³/mol. The van der Waals surface area contributed by atoms with E-state index in [4.69, 9.17) is 0 Å². The molecule has 4 rings (SSSR count).